The van der Waals surface area contributed by atoms with Gasteiger partial charge in [0.1, 0.15) is 5.82 Å². The third-order valence-electron chi connectivity index (χ3n) is 3.41. The van der Waals surface area contributed by atoms with Crippen molar-refractivity contribution in [1.82, 2.24) is 4.98 Å². The van der Waals surface area contributed by atoms with Crippen molar-refractivity contribution in [3.05, 3.63) is 52.7 Å². The molecule has 1 aliphatic carbocycles. The zero-order valence-electron chi connectivity index (χ0n) is 10.8. The highest BCUT2D eigenvalue weighted by molar-refractivity contribution is 5.39. The van der Waals surface area contributed by atoms with Gasteiger partial charge in [0.2, 0.25) is 5.88 Å². The molecule has 0 unspecified atom stereocenters. The van der Waals surface area contributed by atoms with E-state index in [4.69, 9.17) is 10.5 Å². The molecule has 3 nitrogen and oxygen atoms in total. The van der Waals surface area contributed by atoms with Crippen LogP contribution in [0.4, 0.5) is 8.78 Å². The van der Waals surface area contributed by atoms with E-state index in [1.165, 1.54) is 0 Å². The van der Waals surface area contributed by atoms with Crippen LogP contribution in [-0.4, -0.2) is 4.98 Å². The van der Waals surface area contributed by atoms with Crippen LogP contribution < -0.4 is 10.5 Å². The van der Waals surface area contributed by atoms with Crippen LogP contribution in [0.1, 0.15) is 23.2 Å². The molecular formula is C15H14F2N2O. The van der Waals surface area contributed by atoms with Crippen molar-refractivity contribution < 1.29 is 13.5 Å². The Morgan fingerprint density at radius 2 is 2.05 bits per heavy atom. The summed E-state index contributed by atoms with van der Waals surface area (Å²) in [7, 11) is 0. The lowest BCUT2D eigenvalue weighted by molar-refractivity contribution is 0.416. The standard InChI is InChI=1S/C15H14F2N2O/c16-11-4-5-12(17)14(7-11)20-15-10(8-18)6-9-2-1-3-13(9)19-15/h4-7H,1-3,8,18H2. The zero-order chi connectivity index (χ0) is 14.1. The average Bonchev–Trinajstić information content (AvgIpc) is 2.89. The van der Waals surface area contributed by atoms with Gasteiger partial charge in [-0.25, -0.2) is 13.8 Å². The Kier molecular flexibility index (Phi) is 3.36. The lowest BCUT2D eigenvalue weighted by Crippen LogP contribution is -2.04. The molecule has 3 rings (SSSR count). The number of nitrogens with zero attached hydrogens (tertiary/aromatic N) is 1. The van der Waals surface area contributed by atoms with Crippen molar-refractivity contribution in [2.75, 3.05) is 0 Å². The molecule has 2 N–H and O–H groups in total. The third kappa shape index (κ3) is 2.36. The fourth-order valence-corrected chi connectivity index (χ4v) is 2.39. The molecule has 1 aromatic carbocycles. The minimum Gasteiger partial charge on any atom is -0.435 e. The number of aromatic nitrogens is 1. The van der Waals surface area contributed by atoms with Crippen molar-refractivity contribution >= 4 is 0 Å². The summed E-state index contributed by atoms with van der Waals surface area (Å²) in [6.07, 6.45) is 2.90. The molecular weight excluding hydrogens is 262 g/mol. The van der Waals surface area contributed by atoms with Crippen molar-refractivity contribution in [1.29, 1.82) is 0 Å². The van der Waals surface area contributed by atoms with E-state index in [-0.39, 0.29) is 18.2 Å². The minimum absolute atomic E-state index is 0.176. The second-order valence-electron chi connectivity index (χ2n) is 4.79. The largest absolute Gasteiger partial charge is 0.435 e. The highest BCUT2D eigenvalue weighted by Crippen LogP contribution is 2.30. The summed E-state index contributed by atoms with van der Waals surface area (Å²) in [4.78, 5) is 4.40. The summed E-state index contributed by atoms with van der Waals surface area (Å²) in [6.45, 7) is 0.243. The second-order valence-corrected chi connectivity index (χ2v) is 4.79. The van der Waals surface area contributed by atoms with Gasteiger partial charge >= 0.3 is 0 Å². The van der Waals surface area contributed by atoms with Crippen LogP contribution in [0.15, 0.2) is 24.3 Å². The van der Waals surface area contributed by atoms with Crippen molar-refractivity contribution in [3.8, 4) is 11.6 Å². The van der Waals surface area contributed by atoms with Crippen LogP contribution >= 0.6 is 0 Å². The molecule has 0 saturated carbocycles. The summed E-state index contributed by atoms with van der Waals surface area (Å²) in [6, 6.07) is 5.02. The summed E-state index contributed by atoms with van der Waals surface area (Å²) >= 11 is 0. The normalized spacial score (nSPS) is 13.3. The number of fused-ring (bicyclic) bond motifs is 1. The van der Waals surface area contributed by atoms with Crippen LogP contribution in [0.2, 0.25) is 0 Å². The van der Waals surface area contributed by atoms with Gasteiger partial charge in [0, 0.05) is 23.9 Å². The fourth-order valence-electron chi connectivity index (χ4n) is 2.39. The lowest BCUT2D eigenvalue weighted by atomic mass is 10.1. The van der Waals surface area contributed by atoms with Crippen molar-refractivity contribution in [2.45, 2.75) is 25.8 Å². The number of rotatable bonds is 3. The van der Waals surface area contributed by atoms with Gasteiger partial charge in [-0.2, -0.15) is 0 Å². The summed E-state index contributed by atoms with van der Waals surface area (Å²) in [5.74, 6) is -1.10. The van der Waals surface area contributed by atoms with E-state index in [0.29, 0.717) is 5.56 Å². The average molecular weight is 276 g/mol. The van der Waals surface area contributed by atoms with E-state index in [1.807, 2.05) is 6.07 Å². The molecule has 1 aromatic heterocycles. The molecule has 1 aliphatic rings. The smallest absolute Gasteiger partial charge is 0.224 e. The first-order chi connectivity index (χ1) is 9.67. The maximum atomic E-state index is 13.6. The number of nitrogens with two attached hydrogens (primary N) is 1. The highest BCUT2D eigenvalue weighted by Gasteiger charge is 2.18. The zero-order valence-corrected chi connectivity index (χ0v) is 10.8. The Bertz CT molecular complexity index is 659. The predicted molar refractivity (Wildman–Crippen MR) is 70.6 cm³/mol. The van der Waals surface area contributed by atoms with Gasteiger partial charge in [-0.15, -0.1) is 0 Å². The van der Waals surface area contributed by atoms with Gasteiger partial charge < -0.3 is 10.5 Å². The number of benzene rings is 1. The van der Waals surface area contributed by atoms with Crippen LogP contribution in [0.5, 0.6) is 11.6 Å². The van der Waals surface area contributed by atoms with Crippen LogP contribution in [0, 0.1) is 11.6 Å². The number of ether oxygens (including phenoxy) is 1. The summed E-state index contributed by atoms with van der Waals surface area (Å²) in [5, 5.41) is 0. The Hall–Kier alpha value is -2.01. The van der Waals surface area contributed by atoms with E-state index in [1.54, 1.807) is 0 Å². The first kappa shape index (κ1) is 13.0. The number of hydrogen-bond acceptors (Lipinski definition) is 3. The molecule has 0 fully saturated rings. The number of pyridine rings is 1. The van der Waals surface area contributed by atoms with E-state index in [0.717, 1.165) is 48.7 Å². The Morgan fingerprint density at radius 3 is 2.85 bits per heavy atom. The third-order valence-corrected chi connectivity index (χ3v) is 3.41. The van der Waals surface area contributed by atoms with Gasteiger partial charge in [0.15, 0.2) is 11.6 Å². The Balaban J connectivity index is 1.99. The van der Waals surface area contributed by atoms with Gasteiger partial charge in [-0.3, -0.25) is 0 Å². The maximum absolute atomic E-state index is 13.6. The van der Waals surface area contributed by atoms with E-state index >= 15 is 0 Å². The van der Waals surface area contributed by atoms with Crippen LogP contribution in [0.3, 0.4) is 0 Å². The first-order valence-corrected chi connectivity index (χ1v) is 6.52. The molecule has 5 heteroatoms. The number of aryl methyl sites for hydroxylation is 2. The molecule has 20 heavy (non-hydrogen) atoms. The van der Waals surface area contributed by atoms with E-state index < -0.39 is 11.6 Å². The van der Waals surface area contributed by atoms with E-state index in [9.17, 15) is 8.78 Å². The topological polar surface area (TPSA) is 48.1 Å². The minimum atomic E-state index is -0.628. The number of halogens is 2. The van der Waals surface area contributed by atoms with Crippen LogP contribution in [-0.2, 0) is 19.4 Å². The van der Waals surface area contributed by atoms with Crippen LogP contribution in [0.25, 0.3) is 0 Å². The molecule has 0 saturated heterocycles. The monoisotopic (exact) mass is 276 g/mol. The maximum Gasteiger partial charge on any atom is 0.224 e. The first-order valence-electron chi connectivity index (χ1n) is 6.52. The van der Waals surface area contributed by atoms with Gasteiger partial charge in [0.25, 0.3) is 0 Å². The molecule has 1 heterocycles. The molecule has 0 aliphatic heterocycles. The molecule has 0 radical (unpaired) electrons. The summed E-state index contributed by atoms with van der Waals surface area (Å²) in [5.41, 5.74) is 8.50. The molecule has 0 bridgehead atoms. The second kappa shape index (κ2) is 5.17. The predicted octanol–water partition coefficient (Wildman–Crippen LogP) is 3.10. The van der Waals surface area contributed by atoms with Gasteiger partial charge in [-0.1, -0.05) is 0 Å². The number of hydrogen-bond donors (Lipinski definition) is 1. The van der Waals surface area contributed by atoms with E-state index in [2.05, 4.69) is 4.98 Å². The SMILES string of the molecule is NCc1cc2c(nc1Oc1cc(F)ccc1F)CCC2. The van der Waals surface area contributed by atoms with Crippen molar-refractivity contribution in [3.63, 3.8) is 0 Å². The quantitative estimate of drug-likeness (QED) is 0.937. The van der Waals surface area contributed by atoms with Gasteiger partial charge in [-0.05, 0) is 43.0 Å². The molecule has 0 atom stereocenters. The van der Waals surface area contributed by atoms with Crippen molar-refractivity contribution in [2.24, 2.45) is 5.73 Å². The van der Waals surface area contributed by atoms with Gasteiger partial charge in [0.05, 0.1) is 0 Å². The highest BCUT2D eigenvalue weighted by atomic mass is 19.1. The molecule has 0 spiro atoms. The fraction of sp³-hybridized carbons (Fsp3) is 0.267. The molecule has 0 amide bonds. The Labute approximate surface area is 115 Å². The summed E-state index contributed by atoms with van der Waals surface area (Å²) < 4.78 is 32.2. The molecule has 2 aromatic rings. The lowest BCUT2D eigenvalue weighted by Gasteiger charge is -2.12. The molecule has 104 valence electrons. The Morgan fingerprint density at radius 1 is 1.20 bits per heavy atom.